The monoisotopic (exact) mass is 208 g/mol. The minimum absolute atomic E-state index is 0. The third-order valence-electron chi connectivity index (χ3n) is 0.969. The van der Waals surface area contributed by atoms with E-state index in [1.807, 2.05) is 0 Å². The molecule has 0 saturated heterocycles. The Morgan fingerprint density at radius 2 is 1.23 bits per heavy atom. The van der Waals surface area contributed by atoms with Gasteiger partial charge >= 0.3 is 30.9 Å². The fourth-order valence-electron chi connectivity index (χ4n) is 0.324. The van der Waals surface area contributed by atoms with E-state index in [0.717, 1.165) is 0 Å². The summed E-state index contributed by atoms with van der Waals surface area (Å²) in [5.74, 6) is -5.78. The van der Waals surface area contributed by atoms with Crippen molar-refractivity contribution in [2.24, 2.45) is 0 Å². The van der Waals surface area contributed by atoms with Gasteiger partial charge < -0.3 is 5.11 Å². The zero-order valence-corrected chi connectivity index (χ0v) is 5.25. The third-order valence-corrected chi connectivity index (χ3v) is 0.969. The number of hydrogen-bond donors (Lipinski definition) is 1. The molecule has 76 valence electrons. The minimum atomic E-state index is -5.79. The van der Waals surface area contributed by atoms with Gasteiger partial charge in [0.05, 0.1) is 0 Å². The molecule has 0 amide bonds. The molecule has 9 heteroatoms. The summed E-state index contributed by atoms with van der Waals surface area (Å²) in [4.78, 5) is 0. The number of hydrogen-bond acceptors (Lipinski definition) is 1. The Morgan fingerprint density at radius 3 is 1.31 bits per heavy atom. The predicted molar refractivity (Wildman–Crippen MR) is 30.2 cm³/mol. The quantitative estimate of drug-likeness (QED) is 0.545. The van der Waals surface area contributed by atoms with E-state index < -0.39 is 24.6 Å². The molecular weight excluding hydrogens is 204 g/mol. The Kier molecular flexibility index (Phi) is 5.41. The first-order valence-electron chi connectivity index (χ1n) is 2.51. The molecule has 13 heavy (non-hydrogen) atoms. The molecule has 1 nitrogen and oxygen atoms in total. The van der Waals surface area contributed by atoms with Gasteiger partial charge in [-0.25, -0.2) is 13.2 Å². The summed E-state index contributed by atoms with van der Waals surface area (Å²) in [5, 5.41) is 7.31. The standard InChI is InChI=1S/C4H3F7O.Li.H/c5-1(2(6)7)3(8,9)4(10,11)12;;/h1-2,12H;;. The second-order valence-electron chi connectivity index (χ2n) is 1.90. The van der Waals surface area contributed by atoms with Gasteiger partial charge in [-0.2, -0.15) is 17.6 Å². The molecule has 0 aliphatic carbocycles. The first-order valence-corrected chi connectivity index (χ1v) is 2.51. The maximum absolute atomic E-state index is 11.7. The fraction of sp³-hybridized carbons (Fsp3) is 1.00. The van der Waals surface area contributed by atoms with Crippen LogP contribution in [0.3, 0.4) is 0 Å². The predicted octanol–water partition coefficient (Wildman–Crippen LogP) is 1.16. The van der Waals surface area contributed by atoms with Crippen molar-refractivity contribution in [3.05, 3.63) is 0 Å². The number of alkyl halides is 7. The molecule has 0 saturated carbocycles. The van der Waals surface area contributed by atoms with Crippen LogP contribution in [0.4, 0.5) is 30.7 Å². The van der Waals surface area contributed by atoms with Crippen molar-refractivity contribution in [3.8, 4) is 0 Å². The van der Waals surface area contributed by atoms with Gasteiger partial charge in [0, 0.05) is 0 Å². The summed E-state index contributed by atoms with van der Waals surface area (Å²) in [6.07, 6.45) is -14.5. The second kappa shape index (κ2) is 4.53. The Bertz CT molecular complexity index is 155. The van der Waals surface area contributed by atoms with E-state index in [1.165, 1.54) is 0 Å². The van der Waals surface area contributed by atoms with Crippen molar-refractivity contribution in [1.29, 1.82) is 0 Å². The van der Waals surface area contributed by atoms with Gasteiger partial charge in [-0.1, -0.05) is 0 Å². The topological polar surface area (TPSA) is 20.2 Å². The molecule has 0 radical (unpaired) electrons. The van der Waals surface area contributed by atoms with Gasteiger partial charge in [0.25, 0.3) is 6.43 Å². The molecule has 0 aliphatic rings. The summed E-state index contributed by atoms with van der Waals surface area (Å²) in [6, 6.07) is 0. The Hall–Kier alpha value is 0.0674. The summed E-state index contributed by atoms with van der Waals surface area (Å²) >= 11 is 0. The molecule has 0 aliphatic heterocycles. The summed E-state index contributed by atoms with van der Waals surface area (Å²) in [7, 11) is 0. The third kappa shape index (κ3) is 3.36. The summed E-state index contributed by atoms with van der Waals surface area (Å²) in [5.41, 5.74) is 0. The van der Waals surface area contributed by atoms with E-state index in [9.17, 15) is 30.7 Å². The van der Waals surface area contributed by atoms with E-state index in [4.69, 9.17) is 5.11 Å². The van der Waals surface area contributed by atoms with Crippen molar-refractivity contribution < 1.29 is 35.8 Å². The Balaban J connectivity index is 0. The zero-order chi connectivity index (χ0) is 10.2. The van der Waals surface area contributed by atoms with Crippen LogP contribution in [0.15, 0.2) is 0 Å². The molecule has 1 atom stereocenters. The zero-order valence-electron chi connectivity index (χ0n) is 5.25. The van der Waals surface area contributed by atoms with Crippen LogP contribution in [-0.4, -0.2) is 48.6 Å². The molecule has 1 unspecified atom stereocenters. The summed E-state index contributed by atoms with van der Waals surface area (Å²) < 4.78 is 80.1. The van der Waals surface area contributed by atoms with Gasteiger partial charge in [-0.05, 0) is 0 Å². The van der Waals surface area contributed by atoms with Crippen molar-refractivity contribution in [2.75, 3.05) is 0 Å². The molecular formula is C4H4F7LiO. The second-order valence-corrected chi connectivity index (χ2v) is 1.90. The normalized spacial score (nSPS) is 15.5. The van der Waals surface area contributed by atoms with Gasteiger partial charge in [0.15, 0.2) is 0 Å². The molecule has 0 fully saturated rings. The van der Waals surface area contributed by atoms with Crippen molar-refractivity contribution >= 4 is 18.9 Å². The van der Waals surface area contributed by atoms with E-state index in [0.29, 0.717) is 0 Å². The van der Waals surface area contributed by atoms with Crippen molar-refractivity contribution in [1.82, 2.24) is 0 Å². The average Bonchev–Trinajstić information content (AvgIpc) is 1.83. The first-order chi connectivity index (χ1) is 5.10. The molecule has 0 rings (SSSR count). The molecule has 0 heterocycles. The van der Waals surface area contributed by atoms with Crippen LogP contribution >= 0.6 is 0 Å². The first kappa shape index (κ1) is 15.5. The number of halogens is 7. The average molecular weight is 208 g/mol. The number of aliphatic hydroxyl groups is 1. The van der Waals surface area contributed by atoms with Crippen LogP contribution in [0.1, 0.15) is 0 Å². The van der Waals surface area contributed by atoms with Crippen LogP contribution in [0, 0.1) is 0 Å². The molecule has 0 spiro atoms. The SMILES string of the molecule is OC(F)(F)C(F)(F)C(F)C(F)F.[LiH]. The van der Waals surface area contributed by atoms with E-state index in [1.54, 1.807) is 0 Å². The molecule has 0 aromatic carbocycles. The van der Waals surface area contributed by atoms with Crippen molar-refractivity contribution in [2.45, 2.75) is 24.6 Å². The van der Waals surface area contributed by atoms with Crippen LogP contribution in [0.2, 0.25) is 0 Å². The molecule has 0 aromatic heterocycles. The van der Waals surface area contributed by atoms with Gasteiger partial charge in [0.1, 0.15) is 0 Å². The van der Waals surface area contributed by atoms with Crippen LogP contribution in [0.5, 0.6) is 0 Å². The van der Waals surface area contributed by atoms with Crippen LogP contribution < -0.4 is 0 Å². The van der Waals surface area contributed by atoms with Crippen LogP contribution in [0.25, 0.3) is 0 Å². The molecule has 0 aromatic rings. The van der Waals surface area contributed by atoms with Gasteiger partial charge in [0.2, 0.25) is 6.17 Å². The van der Waals surface area contributed by atoms with E-state index >= 15 is 0 Å². The Morgan fingerprint density at radius 1 is 0.923 bits per heavy atom. The van der Waals surface area contributed by atoms with Gasteiger partial charge in [-0.15, -0.1) is 0 Å². The molecule has 1 N–H and O–H groups in total. The van der Waals surface area contributed by atoms with E-state index in [2.05, 4.69) is 0 Å². The van der Waals surface area contributed by atoms with Crippen molar-refractivity contribution in [3.63, 3.8) is 0 Å². The van der Waals surface area contributed by atoms with E-state index in [-0.39, 0.29) is 18.9 Å². The number of rotatable bonds is 3. The summed E-state index contributed by atoms with van der Waals surface area (Å²) in [6.45, 7) is 0. The Labute approximate surface area is 80.1 Å². The van der Waals surface area contributed by atoms with Gasteiger partial charge in [-0.3, -0.25) is 0 Å². The molecule has 0 bridgehead atoms. The fourth-order valence-corrected chi connectivity index (χ4v) is 0.324. The maximum atomic E-state index is 11.7. The van der Waals surface area contributed by atoms with Crippen LogP contribution in [-0.2, 0) is 0 Å².